The molecule has 0 aliphatic carbocycles. The third-order valence-electron chi connectivity index (χ3n) is 1.11. The first-order chi connectivity index (χ1) is 4.20. The van der Waals surface area contributed by atoms with E-state index in [2.05, 4.69) is 5.32 Å². The van der Waals surface area contributed by atoms with E-state index in [9.17, 15) is 9.59 Å². The molecule has 1 aliphatic heterocycles. The highest BCUT2D eigenvalue weighted by Crippen LogP contribution is 2.07. The second-order valence-electron chi connectivity index (χ2n) is 2.02. The van der Waals surface area contributed by atoms with Crippen LogP contribution >= 0.6 is 0 Å². The van der Waals surface area contributed by atoms with Gasteiger partial charge in [0, 0.05) is 18.2 Å². The predicted molar refractivity (Wildman–Crippen MR) is 31.5 cm³/mol. The fourth-order valence-electron chi connectivity index (χ4n) is 0.633. The molecular formula is C6H7NO2. The van der Waals surface area contributed by atoms with Gasteiger partial charge < -0.3 is 5.32 Å². The molecule has 1 rings (SSSR count). The largest absolute Gasteiger partial charge is 0.328 e. The van der Waals surface area contributed by atoms with Crippen LogP contribution in [0.15, 0.2) is 11.8 Å². The molecule has 9 heavy (non-hydrogen) atoms. The van der Waals surface area contributed by atoms with E-state index < -0.39 is 0 Å². The van der Waals surface area contributed by atoms with Crippen LogP contribution in [0.25, 0.3) is 0 Å². The summed E-state index contributed by atoms with van der Waals surface area (Å²) in [6.07, 6.45) is 1.83. The van der Waals surface area contributed by atoms with E-state index in [-0.39, 0.29) is 18.1 Å². The van der Waals surface area contributed by atoms with Crippen LogP contribution in [0.4, 0.5) is 0 Å². The summed E-state index contributed by atoms with van der Waals surface area (Å²) in [4.78, 5) is 20.8. The smallest absolute Gasteiger partial charge is 0.253 e. The molecule has 1 aliphatic rings. The molecule has 0 aromatic heterocycles. The molecular weight excluding hydrogens is 118 g/mol. The van der Waals surface area contributed by atoms with Crippen molar-refractivity contribution >= 4 is 11.7 Å². The van der Waals surface area contributed by atoms with E-state index in [0.29, 0.717) is 5.57 Å². The number of rotatable bonds is 2. The van der Waals surface area contributed by atoms with Crippen molar-refractivity contribution in [2.45, 2.75) is 13.3 Å². The van der Waals surface area contributed by atoms with Gasteiger partial charge >= 0.3 is 0 Å². The molecule has 1 amide bonds. The molecule has 0 bridgehead atoms. The number of amides is 1. The maximum Gasteiger partial charge on any atom is 0.253 e. The zero-order valence-electron chi connectivity index (χ0n) is 5.10. The summed E-state index contributed by atoms with van der Waals surface area (Å²) in [6, 6.07) is 0. The SMILES string of the molecule is CC(=O)CC1=CNC1=O. The molecule has 0 atom stereocenters. The van der Waals surface area contributed by atoms with Crippen LogP contribution < -0.4 is 5.32 Å². The molecule has 48 valence electrons. The van der Waals surface area contributed by atoms with Crippen molar-refractivity contribution in [1.29, 1.82) is 0 Å². The Bertz CT molecular complexity index is 193. The number of carbonyl (C=O) groups excluding carboxylic acids is 2. The Kier molecular flexibility index (Phi) is 1.34. The van der Waals surface area contributed by atoms with Crippen LogP contribution in [0.5, 0.6) is 0 Å². The molecule has 3 nitrogen and oxygen atoms in total. The lowest BCUT2D eigenvalue weighted by molar-refractivity contribution is -0.121. The lowest BCUT2D eigenvalue weighted by Crippen LogP contribution is -2.31. The lowest BCUT2D eigenvalue weighted by atomic mass is 10.1. The first-order valence-corrected chi connectivity index (χ1v) is 2.69. The van der Waals surface area contributed by atoms with Crippen molar-refractivity contribution < 1.29 is 9.59 Å². The number of hydrogen-bond acceptors (Lipinski definition) is 2. The molecule has 0 saturated carbocycles. The fraction of sp³-hybridized carbons (Fsp3) is 0.333. The number of nitrogens with one attached hydrogen (secondary N) is 1. The Labute approximate surface area is 52.7 Å². The normalized spacial score (nSPS) is 15.7. The van der Waals surface area contributed by atoms with E-state index >= 15 is 0 Å². The summed E-state index contributed by atoms with van der Waals surface area (Å²) < 4.78 is 0. The molecule has 0 radical (unpaired) electrons. The van der Waals surface area contributed by atoms with Gasteiger partial charge in [-0.2, -0.15) is 0 Å². The van der Waals surface area contributed by atoms with Gasteiger partial charge in [-0.1, -0.05) is 0 Å². The van der Waals surface area contributed by atoms with Crippen LogP contribution in [0.3, 0.4) is 0 Å². The van der Waals surface area contributed by atoms with Gasteiger partial charge in [0.25, 0.3) is 5.91 Å². The summed E-state index contributed by atoms with van der Waals surface area (Å²) in [5.74, 6) is -0.0960. The van der Waals surface area contributed by atoms with Gasteiger partial charge in [-0.25, -0.2) is 0 Å². The van der Waals surface area contributed by atoms with Crippen molar-refractivity contribution in [3.8, 4) is 0 Å². The number of carbonyl (C=O) groups is 2. The third-order valence-corrected chi connectivity index (χ3v) is 1.11. The van der Waals surface area contributed by atoms with Crippen molar-refractivity contribution in [3.05, 3.63) is 11.8 Å². The topological polar surface area (TPSA) is 46.2 Å². The minimum Gasteiger partial charge on any atom is -0.328 e. The van der Waals surface area contributed by atoms with Crippen molar-refractivity contribution in [2.75, 3.05) is 0 Å². The zero-order chi connectivity index (χ0) is 6.85. The third kappa shape index (κ3) is 1.16. The fourth-order valence-corrected chi connectivity index (χ4v) is 0.633. The average molecular weight is 125 g/mol. The summed E-state index contributed by atoms with van der Waals surface area (Å²) in [5, 5.41) is 2.41. The second kappa shape index (κ2) is 2.01. The van der Waals surface area contributed by atoms with Gasteiger partial charge in [-0.3, -0.25) is 9.59 Å². The van der Waals surface area contributed by atoms with E-state index in [4.69, 9.17) is 0 Å². The van der Waals surface area contributed by atoms with Crippen LogP contribution in [0, 0.1) is 0 Å². The van der Waals surface area contributed by atoms with E-state index in [1.165, 1.54) is 6.92 Å². The lowest BCUT2D eigenvalue weighted by Gasteiger charge is -2.12. The zero-order valence-corrected chi connectivity index (χ0v) is 5.10. The minimum absolute atomic E-state index is 0.0242. The molecule has 1 N–H and O–H groups in total. The van der Waals surface area contributed by atoms with Gasteiger partial charge in [0.05, 0.1) is 0 Å². The summed E-state index contributed by atoms with van der Waals surface area (Å²) >= 11 is 0. The molecule has 0 unspecified atom stereocenters. The average Bonchev–Trinajstić information content (AvgIpc) is 1.79. The summed E-state index contributed by atoms with van der Waals surface area (Å²) in [5.41, 5.74) is 0.586. The highest BCUT2D eigenvalue weighted by molar-refractivity contribution is 6.03. The Balaban J connectivity index is 2.47. The summed E-state index contributed by atoms with van der Waals surface area (Å²) in [6.45, 7) is 1.46. The number of hydrogen-bond donors (Lipinski definition) is 1. The maximum absolute atomic E-state index is 10.4. The Morgan fingerprint density at radius 1 is 1.78 bits per heavy atom. The van der Waals surface area contributed by atoms with Gasteiger partial charge in [-0.15, -0.1) is 0 Å². The highest BCUT2D eigenvalue weighted by atomic mass is 16.2. The molecule has 3 heteroatoms. The second-order valence-corrected chi connectivity index (χ2v) is 2.02. The molecule has 0 fully saturated rings. The molecule has 0 saturated heterocycles. The van der Waals surface area contributed by atoms with Crippen LogP contribution in [0.1, 0.15) is 13.3 Å². The van der Waals surface area contributed by atoms with E-state index in [0.717, 1.165) is 0 Å². The van der Waals surface area contributed by atoms with Gasteiger partial charge in [0.15, 0.2) is 0 Å². The highest BCUT2D eigenvalue weighted by Gasteiger charge is 2.17. The van der Waals surface area contributed by atoms with Crippen LogP contribution in [0.2, 0.25) is 0 Å². The molecule has 0 spiro atoms. The first kappa shape index (κ1) is 6.01. The van der Waals surface area contributed by atoms with Crippen molar-refractivity contribution in [2.24, 2.45) is 0 Å². The molecule has 1 heterocycles. The monoisotopic (exact) mass is 125 g/mol. The standard InChI is InChI=1S/C6H7NO2/c1-4(8)2-5-3-7-6(5)9/h3H,2H2,1H3,(H,7,9). The van der Waals surface area contributed by atoms with E-state index in [1.54, 1.807) is 6.20 Å². The van der Waals surface area contributed by atoms with Gasteiger partial charge in [-0.05, 0) is 6.92 Å². The molecule has 0 aromatic carbocycles. The maximum atomic E-state index is 10.4. The molecule has 0 aromatic rings. The minimum atomic E-state index is -0.120. The van der Waals surface area contributed by atoms with E-state index in [1.807, 2.05) is 0 Å². The summed E-state index contributed by atoms with van der Waals surface area (Å²) in [7, 11) is 0. The Hall–Kier alpha value is -1.12. The quantitative estimate of drug-likeness (QED) is 0.563. The first-order valence-electron chi connectivity index (χ1n) is 2.69. The van der Waals surface area contributed by atoms with Gasteiger partial charge in [0.1, 0.15) is 5.78 Å². The van der Waals surface area contributed by atoms with Crippen LogP contribution in [-0.4, -0.2) is 11.7 Å². The number of Topliss-reactive ketones (excluding diaryl/α,β-unsaturated/α-hetero) is 1. The number of ketones is 1. The van der Waals surface area contributed by atoms with Crippen molar-refractivity contribution in [3.63, 3.8) is 0 Å². The predicted octanol–water partition coefficient (Wildman–Crippen LogP) is -0.0208. The Morgan fingerprint density at radius 3 is 2.56 bits per heavy atom. The van der Waals surface area contributed by atoms with Crippen LogP contribution in [-0.2, 0) is 9.59 Å². The Morgan fingerprint density at radius 2 is 2.44 bits per heavy atom. The van der Waals surface area contributed by atoms with Crippen molar-refractivity contribution in [1.82, 2.24) is 5.32 Å². The van der Waals surface area contributed by atoms with Gasteiger partial charge in [0.2, 0.25) is 0 Å².